The van der Waals surface area contributed by atoms with E-state index in [1.165, 1.54) is 18.2 Å². The predicted octanol–water partition coefficient (Wildman–Crippen LogP) is 2.51. The number of quaternary nitrogens is 1. The average Bonchev–Trinajstić information content (AvgIpc) is 3.13. The van der Waals surface area contributed by atoms with Crippen molar-refractivity contribution in [2.75, 3.05) is 11.4 Å². The number of hydrogen-bond acceptors (Lipinski definition) is 4. The third-order valence-corrected chi connectivity index (χ3v) is 5.60. The van der Waals surface area contributed by atoms with Crippen molar-refractivity contribution in [3.8, 4) is 5.75 Å². The fraction of sp³-hybridized carbons (Fsp3) is 0.136. The first-order valence-electron chi connectivity index (χ1n) is 9.51. The second-order valence-corrected chi connectivity index (χ2v) is 7.11. The van der Waals surface area contributed by atoms with Crippen LogP contribution in [0.4, 0.5) is 22.7 Å². The lowest BCUT2D eigenvalue weighted by atomic mass is 10.0. The van der Waals surface area contributed by atoms with Crippen LogP contribution in [0.25, 0.3) is 0 Å². The number of rotatable bonds is 3. The summed E-state index contributed by atoms with van der Waals surface area (Å²) in [6.45, 7) is 2.68. The second kappa shape index (κ2) is 6.42. The molecule has 0 amide bonds. The number of nitro benzene ring substituents is 1. The van der Waals surface area contributed by atoms with Gasteiger partial charge in [0.25, 0.3) is 17.5 Å². The van der Waals surface area contributed by atoms with Crippen molar-refractivity contribution >= 4 is 28.6 Å². The molecule has 2 aliphatic heterocycles. The molecular formula is C22H19N4O3+. The SMILES string of the molecule is CCN1c2ccccc2C2=[N+](c3ccccc3[NH2+]2)C1c1cc([N+](=O)[O-])ccc1[O-]. The molecular weight excluding hydrogens is 368 g/mol. The monoisotopic (exact) mass is 387 g/mol. The number of fused-ring (bicyclic) bond motifs is 4. The number of nitrogens with zero attached hydrogens (tertiary/aromatic N) is 3. The molecule has 2 aliphatic rings. The molecule has 0 saturated heterocycles. The van der Waals surface area contributed by atoms with Gasteiger partial charge in [0.05, 0.1) is 10.6 Å². The van der Waals surface area contributed by atoms with Crippen LogP contribution < -0.4 is 15.3 Å². The molecule has 3 aromatic carbocycles. The molecule has 0 aliphatic carbocycles. The average molecular weight is 387 g/mol. The summed E-state index contributed by atoms with van der Waals surface area (Å²) in [4.78, 5) is 13.1. The molecule has 3 aromatic rings. The van der Waals surface area contributed by atoms with Crippen LogP contribution in [0.1, 0.15) is 24.2 Å². The maximum Gasteiger partial charge on any atom is 0.383 e. The van der Waals surface area contributed by atoms with Crippen molar-refractivity contribution in [2.45, 2.75) is 13.1 Å². The Morgan fingerprint density at radius 2 is 1.86 bits per heavy atom. The molecule has 1 atom stereocenters. The highest BCUT2D eigenvalue weighted by molar-refractivity contribution is 5.99. The molecule has 0 aromatic heterocycles. The van der Waals surface area contributed by atoms with Crippen LogP contribution in [0.3, 0.4) is 0 Å². The lowest BCUT2D eigenvalue weighted by Crippen LogP contribution is -2.82. The minimum Gasteiger partial charge on any atom is -0.872 e. The van der Waals surface area contributed by atoms with Crippen molar-refractivity contribution in [3.05, 3.63) is 88.0 Å². The molecule has 7 heteroatoms. The van der Waals surface area contributed by atoms with E-state index in [0.29, 0.717) is 12.1 Å². The van der Waals surface area contributed by atoms with Crippen molar-refractivity contribution in [2.24, 2.45) is 0 Å². The minimum absolute atomic E-state index is 0.0764. The van der Waals surface area contributed by atoms with Crippen molar-refractivity contribution in [1.82, 2.24) is 0 Å². The number of benzene rings is 3. The van der Waals surface area contributed by atoms with Gasteiger partial charge in [0.15, 0.2) is 0 Å². The summed E-state index contributed by atoms with van der Waals surface area (Å²) in [6.07, 6.45) is -0.461. The van der Waals surface area contributed by atoms with E-state index >= 15 is 0 Å². The van der Waals surface area contributed by atoms with Gasteiger partial charge in [0.2, 0.25) is 5.69 Å². The van der Waals surface area contributed by atoms with E-state index in [4.69, 9.17) is 0 Å². The molecule has 5 rings (SSSR count). The van der Waals surface area contributed by atoms with Gasteiger partial charge in [0, 0.05) is 36.4 Å². The first kappa shape index (κ1) is 17.4. The van der Waals surface area contributed by atoms with Gasteiger partial charge in [-0.1, -0.05) is 36.1 Å². The summed E-state index contributed by atoms with van der Waals surface area (Å²) >= 11 is 0. The third kappa shape index (κ3) is 2.51. The Labute approximate surface area is 167 Å². The topological polar surface area (TPSA) is 89.1 Å². The van der Waals surface area contributed by atoms with Crippen LogP contribution in [0.5, 0.6) is 5.75 Å². The molecule has 0 radical (unpaired) electrons. The van der Waals surface area contributed by atoms with E-state index in [2.05, 4.69) is 20.9 Å². The van der Waals surface area contributed by atoms with E-state index in [9.17, 15) is 15.2 Å². The Bertz CT molecular complexity index is 1190. The van der Waals surface area contributed by atoms with E-state index < -0.39 is 11.1 Å². The molecule has 2 heterocycles. The largest absolute Gasteiger partial charge is 0.872 e. The number of nitrogens with two attached hydrogens (primary N) is 1. The standard InChI is InChI=1S/C22H18N4O3/c1-2-24-18-9-5-3-7-15(18)21-23-17-8-4-6-10-19(17)25(21)22(24)16-13-14(26(28)29)11-12-20(16)27/h3-13,22,27H,2H2,1H3/p+1. The molecule has 0 saturated carbocycles. The quantitative estimate of drug-likeness (QED) is 0.324. The number of anilines is 1. The molecule has 29 heavy (non-hydrogen) atoms. The van der Waals surface area contributed by atoms with Crippen LogP contribution in [0, 0.1) is 10.1 Å². The lowest BCUT2D eigenvalue weighted by Gasteiger charge is -2.34. The third-order valence-electron chi connectivity index (χ3n) is 5.60. The lowest BCUT2D eigenvalue weighted by molar-refractivity contribution is -0.542. The molecule has 2 N–H and O–H groups in total. The number of hydrogen-bond donors (Lipinski definition) is 1. The highest BCUT2D eigenvalue weighted by Crippen LogP contribution is 2.43. The first-order chi connectivity index (χ1) is 14.1. The van der Waals surface area contributed by atoms with Gasteiger partial charge in [0.1, 0.15) is 5.56 Å². The molecule has 1 unspecified atom stereocenters. The van der Waals surface area contributed by atoms with Crippen LogP contribution in [-0.2, 0) is 0 Å². The zero-order valence-corrected chi connectivity index (χ0v) is 15.8. The molecule has 7 nitrogen and oxygen atoms in total. The fourth-order valence-corrected chi connectivity index (χ4v) is 4.36. The smallest absolute Gasteiger partial charge is 0.383 e. The Kier molecular flexibility index (Phi) is 3.85. The summed E-state index contributed by atoms with van der Waals surface area (Å²) < 4.78 is 2.13. The van der Waals surface area contributed by atoms with E-state index in [1.807, 2.05) is 49.4 Å². The summed E-state index contributed by atoms with van der Waals surface area (Å²) in [5, 5.41) is 26.4. The van der Waals surface area contributed by atoms with Crippen molar-refractivity contribution < 1.29 is 19.9 Å². The maximum atomic E-state index is 12.9. The van der Waals surface area contributed by atoms with E-state index in [1.54, 1.807) is 0 Å². The molecule has 0 spiro atoms. The van der Waals surface area contributed by atoms with E-state index in [-0.39, 0.29) is 11.4 Å². The van der Waals surface area contributed by atoms with Gasteiger partial charge >= 0.3 is 5.84 Å². The summed E-state index contributed by atoms with van der Waals surface area (Å²) in [5.41, 5.74) is 4.48. The van der Waals surface area contributed by atoms with Gasteiger partial charge in [-0.25, -0.2) is 5.32 Å². The van der Waals surface area contributed by atoms with Gasteiger partial charge in [-0.3, -0.25) is 10.1 Å². The minimum atomic E-state index is -0.461. The molecule has 144 valence electrons. The van der Waals surface area contributed by atoms with Gasteiger partial charge in [-0.05, 0) is 19.1 Å². The Hall–Kier alpha value is -3.71. The van der Waals surface area contributed by atoms with Crippen LogP contribution in [0.2, 0.25) is 0 Å². The van der Waals surface area contributed by atoms with Crippen molar-refractivity contribution in [1.29, 1.82) is 0 Å². The first-order valence-corrected chi connectivity index (χ1v) is 9.51. The van der Waals surface area contributed by atoms with Crippen LogP contribution in [0.15, 0.2) is 66.7 Å². The zero-order chi connectivity index (χ0) is 20.1. The number of amidine groups is 1. The number of para-hydroxylation sites is 3. The Morgan fingerprint density at radius 1 is 1.10 bits per heavy atom. The fourth-order valence-electron chi connectivity index (χ4n) is 4.36. The van der Waals surface area contributed by atoms with Crippen molar-refractivity contribution in [3.63, 3.8) is 0 Å². The Morgan fingerprint density at radius 3 is 2.66 bits per heavy atom. The maximum absolute atomic E-state index is 12.9. The summed E-state index contributed by atoms with van der Waals surface area (Å²) in [7, 11) is 0. The van der Waals surface area contributed by atoms with E-state index in [0.717, 1.165) is 28.5 Å². The number of non-ortho nitro benzene ring substituents is 1. The predicted molar refractivity (Wildman–Crippen MR) is 107 cm³/mol. The van der Waals surface area contributed by atoms with Crippen LogP contribution in [-0.4, -0.2) is 21.9 Å². The molecule has 0 fully saturated rings. The Balaban J connectivity index is 1.82. The second-order valence-electron chi connectivity index (χ2n) is 7.11. The highest BCUT2D eigenvalue weighted by atomic mass is 16.6. The highest BCUT2D eigenvalue weighted by Gasteiger charge is 2.49. The van der Waals surface area contributed by atoms with Gasteiger partial charge in [-0.15, -0.1) is 4.58 Å². The normalized spacial score (nSPS) is 17.0. The summed E-state index contributed by atoms with van der Waals surface area (Å²) in [5.74, 6) is 0.796. The van der Waals surface area contributed by atoms with Crippen LogP contribution >= 0.6 is 0 Å². The zero-order valence-electron chi connectivity index (χ0n) is 15.8. The molecule has 0 bridgehead atoms. The number of nitro groups is 1. The van der Waals surface area contributed by atoms with Gasteiger partial charge in [-0.2, -0.15) is 0 Å². The van der Waals surface area contributed by atoms with Gasteiger partial charge < -0.3 is 10.0 Å². The summed E-state index contributed by atoms with van der Waals surface area (Å²) in [6, 6.07) is 20.1.